The normalized spacial score (nSPS) is 34.6. The van der Waals surface area contributed by atoms with Crippen LogP contribution in [0.25, 0.3) is 0 Å². The molecule has 0 unspecified atom stereocenters. The highest BCUT2D eigenvalue weighted by atomic mass is 16.6. The first-order valence-corrected chi connectivity index (χ1v) is 6.47. The van der Waals surface area contributed by atoms with Gasteiger partial charge in [0.15, 0.2) is 0 Å². The van der Waals surface area contributed by atoms with Gasteiger partial charge in [0.1, 0.15) is 11.7 Å². The fraction of sp³-hybridized carbons (Fsp3) is 0.786. The second-order valence-electron chi connectivity index (χ2n) is 5.71. The molecule has 4 atom stereocenters. The summed E-state index contributed by atoms with van der Waals surface area (Å²) in [5.41, 5.74) is 0.329. The van der Waals surface area contributed by atoms with Crippen LogP contribution in [0, 0.1) is 11.8 Å². The van der Waals surface area contributed by atoms with Crippen LogP contribution in [-0.2, 0) is 9.53 Å². The van der Waals surface area contributed by atoms with Crippen LogP contribution in [0.5, 0.6) is 0 Å². The highest BCUT2D eigenvalue weighted by Gasteiger charge is 2.50. The molecule has 4 heteroatoms. The topological polar surface area (TPSA) is 66.8 Å². The molecular formula is C14H24O4. The number of cyclic esters (lactones) is 1. The van der Waals surface area contributed by atoms with Crippen molar-refractivity contribution in [3.05, 3.63) is 11.6 Å². The fourth-order valence-electron chi connectivity index (χ4n) is 2.76. The highest BCUT2D eigenvalue weighted by Crippen LogP contribution is 2.37. The van der Waals surface area contributed by atoms with E-state index in [0.29, 0.717) is 6.42 Å². The maximum absolute atomic E-state index is 11.5. The van der Waals surface area contributed by atoms with Gasteiger partial charge in [-0.25, -0.2) is 0 Å². The van der Waals surface area contributed by atoms with Crippen LogP contribution < -0.4 is 0 Å². The molecule has 0 saturated carbocycles. The van der Waals surface area contributed by atoms with Gasteiger partial charge >= 0.3 is 5.97 Å². The summed E-state index contributed by atoms with van der Waals surface area (Å²) in [6, 6.07) is 0. The predicted molar refractivity (Wildman–Crippen MR) is 68.9 cm³/mol. The Hall–Kier alpha value is -0.870. The lowest BCUT2D eigenvalue weighted by atomic mass is 9.83. The number of aliphatic hydroxyl groups excluding tert-OH is 2. The average Bonchev–Trinajstić information content (AvgIpc) is 2.42. The van der Waals surface area contributed by atoms with Crippen LogP contribution in [-0.4, -0.2) is 34.5 Å². The number of allylic oxidation sites excluding steroid dienone is 1. The third kappa shape index (κ3) is 3.33. The number of hydrogen-bond acceptors (Lipinski definition) is 4. The third-order valence-corrected chi connectivity index (χ3v) is 3.67. The first kappa shape index (κ1) is 15.2. The van der Waals surface area contributed by atoms with Gasteiger partial charge in [0.25, 0.3) is 0 Å². The van der Waals surface area contributed by atoms with Crippen molar-refractivity contribution < 1.29 is 19.7 Å². The molecule has 2 N–H and O–H groups in total. The molecule has 18 heavy (non-hydrogen) atoms. The zero-order valence-corrected chi connectivity index (χ0v) is 11.6. The number of carbonyl (C=O) groups excluding carboxylic acids is 1. The molecule has 104 valence electrons. The summed E-state index contributed by atoms with van der Waals surface area (Å²) in [7, 11) is 0. The summed E-state index contributed by atoms with van der Waals surface area (Å²) in [4.78, 5) is 11.5. The Kier molecular flexibility index (Phi) is 4.93. The number of hydrogen-bond donors (Lipinski definition) is 2. The van der Waals surface area contributed by atoms with Crippen LogP contribution >= 0.6 is 0 Å². The first-order chi connectivity index (χ1) is 8.30. The molecule has 0 aromatic rings. The van der Waals surface area contributed by atoms with Crippen molar-refractivity contribution in [2.45, 2.75) is 52.2 Å². The SMILES string of the molecule is C/C(=C\CO)C[C@@H](C)C[C@]1(C)OC(=O)[C@H](C)[C@@H]1O. The van der Waals surface area contributed by atoms with Gasteiger partial charge in [-0.1, -0.05) is 18.6 Å². The molecule has 0 radical (unpaired) electrons. The monoisotopic (exact) mass is 256 g/mol. The fourth-order valence-corrected chi connectivity index (χ4v) is 2.76. The van der Waals surface area contributed by atoms with E-state index in [1.54, 1.807) is 19.9 Å². The van der Waals surface area contributed by atoms with E-state index < -0.39 is 17.6 Å². The van der Waals surface area contributed by atoms with E-state index in [9.17, 15) is 9.90 Å². The van der Waals surface area contributed by atoms with E-state index in [-0.39, 0.29) is 18.5 Å². The maximum Gasteiger partial charge on any atom is 0.312 e. The number of carbonyl (C=O) groups is 1. The van der Waals surface area contributed by atoms with E-state index in [1.807, 2.05) is 6.92 Å². The van der Waals surface area contributed by atoms with Crippen molar-refractivity contribution in [2.75, 3.05) is 6.61 Å². The summed E-state index contributed by atoms with van der Waals surface area (Å²) < 4.78 is 5.33. The lowest BCUT2D eigenvalue weighted by Gasteiger charge is -2.30. The minimum Gasteiger partial charge on any atom is -0.456 e. The quantitative estimate of drug-likeness (QED) is 0.580. The number of aliphatic hydroxyl groups is 2. The Balaban J connectivity index is 2.61. The molecule has 4 nitrogen and oxygen atoms in total. The van der Waals surface area contributed by atoms with Crippen LogP contribution in [0.4, 0.5) is 0 Å². The summed E-state index contributed by atoms with van der Waals surface area (Å²) in [5, 5.41) is 18.9. The second-order valence-corrected chi connectivity index (χ2v) is 5.71. The van der Waals surface area contributed by atoms with Crippen LogP contribution in [0.3, 0.4) is 0 Å². The number of ether oxygens (including phenoxy) is 1. The van der Waals surface area contributed by atoms with Gasteiger partial charge in [-0.05, 0) is 39.5 Å². The molecule has 1 fully saturated rings. The van der Waals surface area contributed by atoms with Gasteiger partial charge < -0.3 is 14.9 Å². The zero-order chi connectivity index (χ0) is 13.9. The summed E-state index contributed by atoms with van der Waals surface area (Å²) in [6.07, 6.45) is 2.49. The lowest BCUT2D eigenvalue weighted by molar-refractivity contribution is -0.151. The van der Waals surface area contributed by atoms with Crippen LogP contribution in [0.2, 0.25) is 0 Å². The Morgan fingerprint density at radius 1 is 1.61 bits per heavy atom. The van der Waals surface area contributed by atoms with Crippen LogP contribution in [0.15, 0.2) is 11.6 Å². The molecule has 1 aliphatic rings. The smallest absolute Gasteiger partial charge is 0.312 e. The van der Waals surface area contributed by atoms with E-state index in [4.69, 9.17) is 9.84 Å². The average molecular weight is 256 g/mol. The minimum absolute atomic E-state index is 0.0461. The summed E-state index contributed by atoms with van der Waals surface area (Å²) in [6.45, 7) is 7.56. The molecule has 0 aromatic carbocycles. The largest absolute Gasteiger partial charge is 0.456 e. The lowest BCUT2D eigenvalue weighted by Crippen LogP contribution is -2.39. The van der Waals surface area contributed by atoms with Crippen molar-refractivity contribution in [3.63, 3.8) is 0 Å². The van der Waals surface area contributed by atoms with Crippen LogP contribution in [0.1, 0.15) is 40.5 Å². The van der Waals surface area contributed by atoms with Crippen molar-refractivity contribution in [2.24, 2.45) is 11.8 Å². The Morgan fingerprint density at radius 3 is 2.67 bits per heavy atom. The molecular weight excluding hydrogens is 232 g/mol. The molecule has 1 saturated heterocycles. The van der Waals surface area contributed by atoms with Gasteiger partial charge in [-0.2, -0.15) is 0 Å². The number of esters is 1. The van der Waals surface area contributed by atoms with Crippen molar-refractivity contribution in [1.29, 1.82) is 0 Å². The zero-order valence-electron chi connectivity index (χ0n) is 11.6. The van der Waals surface area contributed by atoms with E-state index in [1.165, 1.54) is 0 Å². The Bertz CT molecular complexity index is 337. The first-order valence-electron chi connectivity index (χ1n) is 6.47. The maximum atomic E-state index is 11.5. The highest BCUT2D eigenvalue weighted by molar-refractivity contribution is 5.76. The molecule has 0 aliphatic carbocycles. The van der Waals surface area contributed by atoms with Gasteiger partial charge in [0.2, 0.25) is 0 Å². The van der Waals surface area contributed by atoms with E-state index in [0.717, 1.165) is 12.0 Å². The molecule has 1 heterocycles. The molecule has 0 amide bonds. The molecule has 1 rings (SSSR count). The van der Waals surface area contributed by atoms with Crippen molar-refractivity contribution >= 4 is 5.97 Å². The van der Waals surface area contributed by atoms with Crippen molar-refractivity contribution in [3.8, 4) is 0 Å². The third-order valence-electron chi connectivity index (χ3n) is 3.67. The molecule has 1 aliphatic heterocycles. The van der Waals surface area contributed by atoms with Gasteiger partial charge in [-0.3, -0.25) is 4.79 Å². The second kappa shape index (κ2) is 5.85. The van der Waals surface area contributed by atoms with Gasteiger partial charge in [-0.15, -0.1) is 0 Å². The summed E-state index contributed by atoms with van der Waals surface area (Å²) >= 11 is 0. The summed E-state index contributed by atoms with van der Waals surface area (Å²) in [5.74, 6) is -0.485. The van der Waals surface area contributed by atoms with Crippen molar-refractivity contribution in [1.82, 2.24) is 0 Å². The van der Waals surface area contributed by atoms with Gasteiger partial charge in [0, 0.05) is 0 Å². The predicted octanol–water partition coefficient (Wildman–Crippen LogP) is 1.65. The standard InChI is InChI=1S/C14H24O4/c1-9(5-6-15)7-10(2)8-14(4)12(16)11(3)13(17)18-14/h5,10-12,15-16H,6-8H2,1-4H3/b9-5+/t10-,11-,12+,14+/m1/s1. The number of rotatable bonds is 5. The minimum atomic E-state index is -0.782. The van der Waals surface area contributed by atoms with E-state index in [2.05, 4.69) is 6.92 Å². The molecule has 0 bridgehead atoms. The Labute approximate surface area is 109 Å². The Morgan fingerprint density at radius 2 is 2.22 bits per heavy atom. The van der Waals surface area contributed by atoms with Gasteiger partial charge in [0.05, 0.1) is 12.5 Å². The molecule has 0 aromatic heterocycles. The molecule has 0 spiro atoms. The van der Waals surface area contributed by atoms with E-state index >= 15 is 0 Å².